The Labute approximate surface area is 118 Å². The fourth-order valence-corrected chi connectivity index (χ4v) is 2.22. The van der Waals surface area contributed by atoms with E-state index in [4.69, 9.17) is 4.74 Å². The highest BCUT2D eigenvalue weighted by molar-refractivity contribution is 5.78. The van der Waals surface area contributed by atoms with Gasteiger partial charge in [-0.1, -0.05) is 0 Å². The Balaban J connectivity index is 2.01. The number of rotatable bonds is 6. The van der Waals surface area contributed by atoms with Crippen molar-refractivity contribution in [3.8, 4) is 5.75 Å². The second kappa shape index (κ2) is 6.22. The van der Waals surface area contributed by atoms with Crippen molar-refractivity contribution in [2.24, 2.45) is 0 Å². The molecule has 1 aromatic carbocycles. The first-order valence-corrected chi connectivity index (χ1v) is 6.92. The number of nitrogens with zero attached hydrogens (tertiary/aromatic N) is 1. The summed E-state index contributed by atoms with van der Waals surface area (Å²) < 4.78 is 18.6. The van der Waals surface area contributed by atoms with E-state index in [1.807, 2.05) is 6.92 Å². The largest absolute Gasteiger partial charge is 0.483 e. The van der Waals surface area contributed by atoms with Crippen molar-refractivity contribution in [3.63, 3.8) is 0 Å². The van der Waals surface area contributed by atoms with E-state index in [1.54, 1.807) is 4.90 Å². The maximum atomic E-state index is 13.2. The quantitative estimate of drug-likeness (QED) is 0.870. The molecule has 5 heteroatoms. The smallest absolute Gasteiger partial charge is 0.260 e. The molecule has 0 saturated heterocycles. The van der Waals surface area contributed by atoms with Crippen LogP contribution in [0.5, 0.6) is 5.75 Å². The van der Waals surface area contributed by atoms with Gasteiger partial charge < -0.3 is 14.7 Å². The average Bonchev–Trinajstić information content (AvgIpc) is 3.22. The number of likely N-dealkylation sites (N-methyl/N-ethyl adjacent to an activating group) is 1. The lowest BCUT2D eigenvalue weighted by molar-refractivity contribution is -0.133. The zero-order valence-corrected chi connectivity index (χ0v) is 11.8. The van der Waals surface area contributed by atoms with Crippen LogP contribution < -0.4 is 4.74 Å². The molecule has 1 aliphatic carbocycles. The second-order valence-corrected chi connectivity index (χ2v) is 5.06. The molecule has 4 nitrogen and oxygen atoms in total. The average molecular weight is 281 g/mol. The zero-order valence-electron chi connectivity index (χ0n) is 11.8. The molecule has 1 unspecified atom stereocenters. The number of aliphatic hydroxyl groups is 1. The minimum atomic E-state index is -0.846. The van der Waals surface area contributed by atoms with Crippen LogP contribution in [-0.2, 0) is 4.79 Å². The van der Waals surface area contributed by atoms with Crippen LogP contribution >= 0.6 is 0 Å². The molecule has 0 aliphatic heterocycles. The van der Waals surface area contributed by atoms with E-state index in [0.29, 0.717) is 23.9 Å². The molecule has 0 spiro atoms. The summed E-state index contributed by atoms with van der Waals surface area (Å²) in [4.78, 5) is 13.8. The lowest BCUT2D eigenvalue weighted by atomic mass is 10.1. The summed E-state index contributed by atoms with van der Waals surface area (Å²) in [5, 5.41) is 9.61. The molecule has 20 heavy (non-hydrogen) atoms. The van der Waals surface area contributed by atoms with Crippen molar-refractivity contribution in [1.29, 1.82) is 0 Å². The molecule has 1 saturated carbocycles. The first kappa shape index (κ1) is 14.8. The van der Waals surface area contributed by atoms with Crippen molar-refractivity contribution in [2.75, 3.05) is 13.2 Å². The predicted molar refractivity (Wildman–Crippen MR) is 72.9 cm³/mol. The molecule has 1 amide bonds. The normalized spacial score (nSPS) is 15.8. The molecular formula is C15H20FNO3. The first-order valence-electron chi connectivity index (χ1n) is 6.92. The van der Waals surface area contributed by atoms with Crippen molar-refractivity contribution < 1.29 is 19.0 Å². The lowest BCUT2D eigenvalue weighted by Crippen LogP contribution is -2.36. The Kier molecular flexibility index (Phi) is 4.60. The highest BCUT2D eigenvalue weighted by Crippen LogP contribution is 2.28. The maximum Gasteiger partial charge on any atom is 0.260 e. The van der Waals surface area contributed by atoms with E-state index in [-0.39, 0.29) is 12.5 Å². The number of carbonyl (C=O) groups excluding carboxylic acids is 1. The summed E-state index contributed by atoms with van der Waals surface area (Å²) in [7, 11) is 0. The van der Waals surface area contributed by atoms with Crippen LogP contribution in [0.4, 0.5) is 4.39 Å². The number of benzene rings is 1. The third-order valence-corrected chi connectivity index (χ3v) is 3.42. The van der Waals surface area contributed by atoms with E-state index in [9.17, 15) is 14.3 Å². The van der Waals surface area contributed by atoms with Crippen molar-refractivity contribution >= 4 is 5.91 Å². The molecule has 0 bridgehead atoms. The second-order valence-electron chi connectivity index (χ2n) is 5.06. The summed E-state index contributed by atoms with van der Waals surface area (Å²) in [6.45, 7) is 4.05. The summed E-state index contributed by atoms with van der Waals surface area (Å²) in [5.41, 5.74) is 0.354. The first-order chi connectivity index (χ1) is 9.52. The van der Waals surface area contributed by atoms with Crippen molar-refractivity contribution in [3.05, 3.63) is 29.6 Å². The molecule has 1 N–H and O–H groups in total. The third kappa shape index (κ3) is 3.48. The molecule has 1 atom stereocenters. The van der Waals surface area contributed by atoms with Gasteiger partial charge in [0.2, 0.25) is 0 Å². The molecule has 0 radical (unpaired) electrons. The van der Waals surface area contributed by atoms with E-state index < -0.39 is 11.9 Å². The standard InChI is InChI=1S/C15H20FNO3/c1-3-17(12-5-6-12)15(19)9-20-14-7-4-11(16)8-13(14)10(2)18/h4,7-8,10,12,18H,3,5-6,9H2,1-2H3. The lowest BCUT2D eigenvalue weighted by Gasteiger charge is -2.21. The maximum absolute atomic E-state index is 13.2. The Morgan fingerprint density at radius 1 is 1.55 bits per heavy atom. The molecule has 0 aromatic heterocycles. The van der Waals surface area contributed by atoms with Crippen molar-refractivity contribution in [2.45, 2.75) is 38.8 Å². The predicted octanol–water partition coefficient (Wildman–Crippen LogP) is 2.27. The SMILES string of the molecule is CCN(C(=O)COc1ccc(F)cc1C(C)O)C1CC1. The highest BCUT2D eigenvalue weighted by atomic mass is 19.1. The number of hydrogen-bond donors (Lipinski definition) is 1. The topological polar surface area (TPSA) is 49.8 Å². The Bertz CT molecular complexity index is 486. The van der Waals surface area contributed by atoms with E-state index in [0.717, 1.165) is 12.8 Å². The number of hydrogen-bond acceptors (Lipinski definition) is 3. The van der Waals surface area contributed by atoms with Crippen LogP contribution in [0.1, 0.15) is 38.4 Å². The summed E-state index contributed by atoms with van der Waals surface area (Å²) >= 11 is 0. The van der Waals surface area contributed by atoms with Crippen LogP contribution in [0, 0.1) is 5.82 Å². The number of amides is 1. The molecule has 0 heterocycles. The fourth-order valence-electron chi connectivity index (χ4n) is 2.22. The van der Waals surface area contributed by atoms with Crippen LogP contribution in [-0.4, -0.2) is 35.1 Å². The molecule has 2 rings (SSSR count). The van der Waals surface area contributed by atoms with Crippen molar-refractivity contribution in [1.82, 2.24) is 4.90 Å². The number of aliphatic hydroxyl groups excluding tert-OH is 1. The van der Waals surface area contributed by atoms with Gasteiger partial charge in [0.25, 0.3) is 5.91 Å². The van der Waals surface area contributed by atoms with Gasteiger partial charge in [0.1, 0.15) is 11.6 Å². The van der Waals surface area contributed by atoms with Gasteiger partial charge >= 0.3 is 0 Å². The van der Waals surface area contributed by atoms with E-state index in [2.05, 4.69) is 0 Å². The fraction of sp³-hybridized carbons (Fsp3) is 0.533. The monoisotopic (exact) mass is 281 g/mol. The van der Waals surface area contributed by atoms with Gasteiger partial charge in [-0.25, -0.2) is 4.39 Å². The Hall–Kier alpha value is -1.62. The minimum Gasteiger partial charge on any atom is -0.483 e. The van der Waals surface area contributed by atoms with Gasteiger partial charge in [-0.05, 0) is 44.9 Å². The van der Waals surface area contributed by atoms with Gasteiger partial charge in [-0.15, -0.1) is 0 Å². The summed E-state index contributed by atoms with van der Waals surface area (Å²) in [6.07, 6.45) is 1.26. The minimum absolute atomic E-state index is 0.0733. The zero-order chi connectivity index (χ0) is 14.7. The number of carbonyl (C=O) groups is 1. The third-order valence-electron chi connectivity index (χ3n) is 3.42. The van der Waals surface area contributed by atoms with E-state index in [1.165, 1.54) is 25.1 Å². The number of ether oxygens (including phenoxy) is 1. The van der Waals surface area contributed by atoms with Gasteiger partial charge in [0.15, 0.2) is 6.61 Å². The van der Waals surface area contributed by atoms with Gasteiger partial charge in [-0.3, -0.25) is 4.79 Å². The van der Waals surface area contributed by atoms with Gasteiger partial charge in [-0.2, -0.15) is 0 Å². The highest BCUT2D eigenvalue weighted by Gasteiger charge is 2.31. The number of halogens is 1. The van der Waals surface area contributed by atoms with Gasteiger partial charge in [0, 0.05) is 18.2 Å². The van der Waals surface area contributed by atoms with Crippen LogP contribution in [0.25, 0.3) is 0 Å². The van der Waals surface area contributed by atoms with Crippen LogP contribution in [0.2, 0.25) is 0 Å². The molecule has 110 valence electrons. The summed E-state index contributed by atoms with van der Waals surface area (Å²) in [6, 6.07) is 4.27. The molecule has 1 aliphatic rings. The molecule has 1 fully saturated rings. The van der Waals surface area contributed by atoms with E-state index >= 15 is 0 Å². The molecule has 1 aromatic rings. The summed E-state index contributed by atoms with van der Waals surface area (Å²) in [5.74, 6) is -0.162. The molecular weight excluding hydrogens is 261 g/mol. The Morgan fingerprint density at radius 3 is 2.80 bits per heavy atom. The Morgan fingerprint density at radius 2 is 2.25 bits per heavy atom. The van der Waals surface area contributed by atoms with Crippen LogP contribution in [0.15, 0.2) is 18.2 Å². The van der Waals surface area contributed by atoms with Crippen LogP contribution in [0.3, 0.4) is 0 Å². The van der Waals surface area contributed by atoms with Gasteiger partial charge in [0.05, 0.1) is 6.10 Å².